The Morgan fingerprint density at radius 2 is 1.72 bits per heavy atom. The fraction of sp³-hybridized carbons (Fsp3) is 0.148. The Labute approximate surface area is 217 Å². The lowest BCUT2D eigenvalue weighted by Crippen LogP contribution is -2.24. The van der Waals surface area contributed by atoms with Crippen molar-refractivity contribution in [3.63, 3.8) is 0 Å². The van der Waals surface area contributed by atoms with Crippen LogP contribution in [0.15, 0.2) is 82.9 Å². The van der Waals surface area contributed by atoms with E-state index in [1.54, 1.807) is 61.7 Å². The Hall–Kier alpha value is -4.11. The number of esters is 1. The highest BCUT2D eigenvalue weighted by atomic mass is 79.9. The number of nitrogens with one attached hydrogen (secondary N) is 1. The number of carbonyl (C=O) groups is 2. The van der Waals surface area contributed by atoms with Gasteiger partial charge in [-0.2, -0.15) is 5.10 Å². The molecule has 0 radical (unpaired) electrons. The number of ether oxygens (including phenoxy) is 4. The van der Waals surface area contributed by atoms with Crippen LogP contribution in [-0.4, -0.2) is 38.9 Å². The third kappa shape index (κ3) is 7.44. The highest BCUT2D eigenvalue weighted by Gasteiger charge is 2.12. The number of hydrazone groups is 1. The number of benzene rings is 3. The fourth-order valence-electron chi connectivity index (χ4n) is 3.07. The van der Waals surface area contributed by atoms with Gasteiger partial charge in [0.25, 0.3) is 5.91 Å². The zero-order valence-corrected chi connectivity index (χ0v) is 21.4. The number of amides is 1. The third-order valence-electron chi connectivity index (χ3n) is 4.86. The molecule has 9 heteroatoms. The quantitative estimate of drug-likeness (QED) is 0.119. The molecule has 0 spiro atoms. The molecule has 1 N–H and O–H groups in total. The van der Waals surface area contributed by atoms with Gasteiger partial charge in [-0.05, 0) is 66.6 Å². The zero-order valence-electron chi connectivity index (χ0n) is 19.8. The molecule has 0 heterocycles. The number of nitrogens with zero attached hydrogens (tertiary/aromatic N) is 1. The predicted molar refractivity (Wildman–Crippen MR) is 140 cm³/mol. The van der Waals surface area contributed by atoms with E-state index in [4.69, 9.17) is 18.9 Å². The molecule has 0 unspecified atom stereocenters. The Balaban J connectivity index is 1.61. The van der Waals surface area contributed by atoms with Crippen LogP contribution in [0.5, 0.6) is 23.0 Å². The van der Waals surface area contributed by atoms with Gasteiger partial charge in [-0.25, -0.2) is 10.2 Å². The molecular formula is C27H25BrN2O6. The second-order valence-electron chi connectivity index (χ2n) is 7.36. The molecule has 3 aromatic rings. The summed E-state index contributed by atoms with van der Waals surface area (Å²) in [6, 6.07) is 17.1. The summed E-state index contributed by atoms with van der Waals surface area (Å²) in [7, 11) is 3.07. The van der Waals surface area contributed by atoms with Crippen LogP contribution in [0.25, 0.3) is 0 Å². The minimum Gasteiger partial charge on any atom is -0.497 e. The smallest absolute Gasteiger partial charge is 0.343 e. The first kappa shape index (κ1) is 26.5. The maximum absolute atomic E-state index is 12.5. The van der Waals surface area contributed by atoms with E-state index in [0.717, 1.165) is 10.0 Å². The molecule has 0 aromatic heterocycles. The molecule has 0 fully saturated rings. The molecule has 0 bridgehead atoms. The second-order valence-corrected chi connectivity index (χ2v) is 8.28. The first-order valence-electron chi connectivity index (χ1n) is 10.8. The minimum absolute atomic E-state index is 0.272. The molecule has 0 saturated heterocycles. The summed E-state index contributed by atoms with van der Waals surface area (Å²) in [4.78, 5) is 24.8. The van der Waals surface area contributed by atoms with Crippen LogP contribution in [0, 0.1) is 0 Å². The molecule has 3 aromatic carbocycles. The van der Waals surface area contributed by atoms with Crippen molar-refractivity contribution >= 4 is 34.0 Å². The lowest BCUT2D eigenvalue weighted by molar-refractivity contribution is -0.123. The van der Waals surface area contributed by atoms with Crippen molar-refractivity contribution in [2.45, 2.75) is 6.42 Å². The van der Waals surface area contributed by atoms with E-state index in [2.05, 4.69) is 33.0 Å². The summed E-state index contributed by atoms with van der Waals surface area (Å²) < 4.78 is 22.3. The predicted octanol–water partition coefficient (Wildman–Crippen LogP) is 4.94. The van der Waals surface area contributed by atoms with Crippen molar-refractivity contribution in [3.05, 3.63) is 94.5 Å². The molecular weight excluding hydrogens is 528 g/mol. The van der Waals surface area contributed by atoms with E-state index in [9.17, 15) is 9.59 Å². The Kier molecular flexibility index (Phi) is 9.64. The maximum Gasteiger partial charge on any atom is 0.343 e. The normalized spacial score (nSPS) is 10.5. The van der Waals surface area contributed by atoms with Gasteiger partial charge in [-0.1, -0.05) is 28.1 Å². The Bertz CT molecular complexity index is 1260. The summed E-state index contributed by atoms with van der Waals surface area (Å²) in [6.45, 7) is 3.45. The molecule has 3 rings (SSSR count). The molecule has 186 valence electrons. The lowest BCUT2D eigenvalue weighted by atomic mass is 10.1. The Morgan fingerprint density at radius 3 is 2.42 bits per heavy atom. The van der Waals surface area contributed by atoms with Crippen LogP contribution in [0.2, 0.25) is 0 Å². The molecule has 0 aliphatic rings. The van der Waals surface area contributed by atoms with Gasteiger partial charge in [0.1, 0.15) is 11.5 Å². The van der Waals surface area contributed by atoms with Gasteiger partial charge in [0.2, 0.25) is 0 Å². The number of rotatable bonds is 11. The van der Waals surface area contributed by atoms with E-state index >= 15 is 0 Å². The van der Waals surface area contributed by atoms with Crippen LogP contribution in [0.1, 0.15) is 21.5 Å². The van der Waals surface area contributed by atoms with E-state index < -0.39 is 11.9 Å². The van der Waals surface area contributed by atoms with Gasteiger partial charge in [-0.3, -0.25) is 4.79 Å². The minimum atomic E-state index is -0.542. The summed E-state index contributed by atoms with van der Waals surface area (Å²) in [5.41, 5.74) is 4.25. The largest absolute Gasteiger partial charge is 0.497 e. The van der Waals surface area contributed by atoms with Crippen LogP contribution in [0.3, 0.4) is 0 Å². The average molecular weight is 553 g/mol. The molecule has 0 aliphatic carbocycles. The second kappa shape index (κ2) is 13.1. The average Bonchev–Trinajstić information content (AvgIpc) is 2.89. The molecule has 8 nitrogen and oxygen atoms in total. The molecule has 0 saturated carbocycles. The topological polar surface area (TPSA) is 95.5 Å². The molecule has 1 amide bonds. The van der Waals surface area contributed by atoms with Crippen LogP contribution < -0.4 is 24.4 Å². The Morgan fingerprint density at radius 1 is 0.972 bits per heavy atom. The third-order valence-corrected chi connectivity index (χ3v) is 5.35. The zero-order chi connectivity index (χ0) is 25.9. The molecule has 36 heavy (non-hydrogen) atoms. The highest BCUT2D eigenvalue weighted by Crippen LogP contribution is 2.28. The van der Waals surface area contributed by atoms with Gasteiger partial charge >= 0.3 is 5.97 Å². The van der Waals surface area contributed by atoms with Crippen molar-refractivity contribution in [1.82, 2.24) is 5.43 Å². The summed E-state index contributed by atoms with van der Waals surface area (Å²) in [6.07, 6.45) is 3.86. The fourth-order valence-corrected chi connectivity index (χ4v) is 3.45. The number of hydrogen-bond acceptors (Lipinski definition) is 7. The number of halogens is 1. The number of carbonyl (C=O) groups excluding carboxylic acids is 2. The SMILES string of the molecule is C=CCc1ccc(OCC(=O)NN=Cc2cc(Br)ccc2OC(=O)c2ccc(OC)cc2)c(OC)c1. The number of allylic oxidation sites excluding steroid dienone is 1. The van der Waals surface area contributed by atoms with E-state index in [-0.39, 0.29) is 12.4 Å². The summed E-state index contributed by atoms with van der Waals surface area (Å²) >= 11 is 3.38. The van der Waals surface area contributed by atoms with Crippen LogP contribution >= 0.6 is 15.9 Å². The van der Waals surface area contributed by atoms with Crippen molar-refractivity contribution < 1.29 is 28.5 Å². The van der Waals surface area contributed by atoms with Crippen molar-refractivity contribution in [1.29, 1.82) is 0 Å². The maximum atomic E-state index is 12.5. The van der Waals surface area contributed by atoms with E-state index in [1.807, 2.05) is 12.1 Å². The van der Waals surface area contributed by atoms with Crippen molar-refractivity contribution in [2.75, 3.05) is 20.8 Å². The first-order chi connectivity index (χ1) is 17.4. The van der Waals surface area contributed by atoms with Crippen molar-refractivity contribution in [3.8, 4) is 23.0 Å². The molecule has 0 atom stereocenters. The first-order valence-corrected chi connectivity index (χ1v) is 11.6. The number of methoxy groups -OCH3 is 2. The van der Waals surface area contributed by atoms with Crippen molar-refractivity contribution in [2.24, 2.45) is 5.10 Å². The van der Waals surface area contributed by atoms with Gasteiger partial charge < -0.3 is 18.9 Å². The van der Waals surface area contributed by atoms with Gasteiger partial charge in [0, 0.05) is 10.0 Å². The highest BCUT2D eigenvalue weighted by molar-refractivity contribution is 9.10. The summed E-state index contributed by atoms with van der Waals surface area (Å²) in [5, 5.41) is 3.96. The molecule has 0 aliphatic heterocycles. The van der Waals surface area contributed by atoms with Gasteiger partial charge in [-0.15, -0.1) is 6.58 Å². The number of hydrogen-bond donors (Lipinski definition) is 1. The van der Waals surface area contributed by atoms with Gasteiger partial charge in [0.05, 0.1) is 26.0 Å². The standard InChI is InChI=1S/C27H25BrN2O6/c1-4-5-18-6-12-24(25(14-18)34-3)35-17-26(31)30-29-16-20-15-21(28)9-13-23(20)36-27(32)19-7-10-22(33-2)11-8-19/h4,6-16H,1,5,17H2,2-3H3,(H,30,31). The van der Waals surface area contributed by atoms with E-state index in [1.165, 1.54) is 13.3 Å². The summed E-state index contributed by atoms with van der Waals surface area (Å²) in [5.74, 6) is 0.839. The van der Waals surface area contributed by atoms with E-state index in [0.29, 0.717) is 34.8 Å². The van der Waals surface area contributed by atoms with Crippen LogP contribution in [-0.2, 0) is 11.2 Å². The lowest BCUT2D eigenvalue weighted by Gasteiger charge is -2.11. The van der Waals surface area contributed by atoms with Gasteiger partial charge in [0.15, 0.2) is 18.1 Å². The monoisotopic (exact) mass is 552 g/mol. The van der Waals surface area contributed by atoms with Crippen LogP contribution in [0.4, 0.5) is 0 Å².